The van der Waals surface area contributed by atoms with Gasteiger partial charge < -0.3 is 9.80 Å². The Kier molecular flexibility index (Phi) is 5.12. The van der Waals surface area contributed by atoms with Crippen molar-refractivity contribution in [2.45, 2.75) is 18.2 Å². The van der Waals surface area contributed by atoms with Crippen molar-refractivity contribution in [2.75, 3.05) is 42.2 Å². The van der Waals surface area contributed by atoms with Crippen LogP contribution in [0.5, 0.6) is 0 Å². The molecule has 2 aromatic rings. The van der Waals surface area contributed by atoms with Gasteiger partial charge in [0.25, 0.3) is 0 Å². The Morgan fingerprint density at radius 2 is 1.88 bits per heavy atom. The quantitative estimate of drug-likeness (QED) is 0.745. The van der Waals surface area contributed by atoms with Gasteiger partial charge in [0.15, 0.2) is 9.84 Å². The number of rotatable bonds is 3. The number of aryl methyl sites for hydroxylation is 1. The van der Waals surface area contributed by atoms with Gasteiger partial charge in [0.1, 0.15) is 5.82 Å². The highest BCUT2D eigenvalue weighted by Gasteiger charge is 2.24. The minimum Gasteiger partial charge on any atom is -0.368 e. The van der Waals surface area contributed by atoms with Gasteiger partial charge in [0.2, 0.25) is 5.13 Å². The summed E-state index contributed by atoms with van der Waals surface area (Å²) in [6, 6.07) is 5.32. The first-order valence-electron chi connectivity index (χ1n) is 7.65. The molecule has 0 unspecified atom stereocenters. The molecule has 24 heavy (non-hydrogen) atoms. The average molecular weight is 431 g/mol. The van der Waals surface area contributed by atoms with Crippen LogP contribution in [0.2, 0.25) is 0 Å². The maximum Gasteiger partial charge on any atom is 0.205 e. The molecule has 0 atom stereocenters. The lowest BCUT2D eigenvalue weighted by molar-refractivity contribution is 0.601. The maximum absolute atomic E-state index is 12.1. The maximum atomic E-state index is 12.1. The topological polar surface area (TPSA) is 66.4 Å². The second-order valence-electron chi connectivity index (χ2n) is 5.81. The largest absolute Gasteiger partial charge is 0.368 e. The molecular weight excluding hydrogens is 412 g/mol. The van der Waals surface area contributed by atoms with Gasteiger partial charge in [-0.25, -0.2) is 13.4 Å². The van der Waals surface area contributed by atoms with E-state index in [4.69, 9.17) is 0 Å². The first-order chi connectivity index (χ1) is 11.4. The van der Waals surface area contributed by atoms with Gasteiger partial charge >= 0.3 is 0 Å². The number of hydrogen-bond acceptors (Lipinski definition) is 7. The summed E-state index contributed by atoms with van der Waals surface area (Å²) in [5.41, 5.74) is 0.760. The summed E-state index contributed by atoms with van der Waals surface area (Å²) in [5.74, 6) is 0.793. The van der Waals surface area contributed by atoms with Crippen LogP contribution in [-0.2, 0) is 9.84 Å². The van der Waals surface area contributed by atoms with Crippen molar-refractivity contribution in [3.8, 4) is 0 Å². The zero-order valence-electron chi connectivity index (χ0n) is 13.6. The molecule has 1 saturated heterocycles. The Labute approximate surface area is 154 Å². The average Bonchev–Trinajstić information content (AvgIpc) is 2.80. The number of para-hydroxylation sites is 1. The van der Waals surface area contributed by atoms with Crippen molar-refractivity contribution < 1.29 is 8.42 Å². The minimum absolute atomic E-state index is 0.372. The lowest BCUT2D eigenvalue weighted by Crippen LogP contribution is -2.31. The number of sulfone groups is 1. The zero-order valence-corrected chi connectivity index (χ0v) is 16.8. The molecule has 6 nitrogen and oxygen atoms in total. The lowest BCUT2D eigenvalue weighted by atomic mass is 10.2. The Morgan fingerprint density at radius 3 is 2.54 bits per heavy atom. The highest BCUT2D eigenvalue weighted by molar-refractivity contribution is 9.10. The van der Waals surface area contributed by atoms with E-state index in [1.165, 1.54) is 17.8 Å². The molecule has 9 heteroatoms. The van der Waals surface area contributed by atoms with Crippen LogP contribution < -0.4 is 9.80 Å². The minimum atomic E-state index is -3.29. The van der Waals surface area contributed by atoms with Crippen LogP contribution in [0.4, 0.5) is 10.8 Å². The molecule has 1 aliphatic heterocycles. The van der Waals surface area contributed by atoms with E-state index >= 15 is 0 Å². The summed E-state index contributed by atoms with van der Waals surface area (Å²) in [7, 11) is -3.29. The monoisotopic (exact) mass is 430 g/mol. The van der Waals surface area contributed by atoms with Crippen LogP contribution in [0.25, 0.3) is 0 Å². The van der Waals surface area contributed by atoms with E-state index in [0.29, 0.717) is 4.90 Å². The van der Waals surface area contributed by atoms with Crippen LogP contribution >= 0.6 is 27.5 Å². The Bertz CT molecular complexity index is 838. The Balaban J connectivity index is 1.87. The van der Waals surface area contributed by atoms with Gasteiger partial charge in [-0.1, -0.05) is 6.07 Å². The van der Waals surface area contributed by atoms with Crippen LogP contribution in [0.3, 0.4) is 0 Å². The summed E-state index contributed by atoms with van der Waals surface area (Å²) >= 11 is 4.94. The van der Waals surface area contributed by atoms with Crippen LogP contribution in [-0.4, -0.2) is 50.2 Å². The van der Waals surface area contributed by atoms with Crippen LogP contribution in [0.1, 0.15) is 12.2 Å². The van der Waals surface area contributed by atoms with E-state index in [9.17, 15) is 8.42 Å². The zero-order chi connectivity index (χ0) is 17.3. The van der Waals surface area contributed by atoms with Crippen LogP contribution in [0, 0.1) is 6.92 Å². The summed E-state index contributed by atoms with van der Waals surface area (Å²) in [5, 5.41) is 0.935. The van der Waals surface area contributed by atoms with E-state index < -0.39 is 9.84 Å². The van der Waals surface area contributed by atoms with E-state index in [1.54, 1.807) is 12.1 Å². The van der Waals surface area contributed by atoms with E-state index in [-0.39, 0.29) is 0 Å². The molecule has 130 valence electrons. The van der Waals surface area contributed by atoms with Crippen molar-refractivity contribution in [1.82, 2.24) is 9.36 Å². The number of aromatic nitrogens is 2. The number of hydrogen-bond donors (Lipinski definition) is 0. The lowest BCUT2D eigenvalue weighted by Gasteiger charge is -2.26. The predicted molar refractivity (Wildman–Crippen MR) is 101 cm³/mol. The normalized spacial score (nSPS) is 16.3. The van der Waals surface area contributed by atoms with E-state index in [0.717, 1.165) is 53.7 Å². The van der Waals surface area contributed by atoms with Gasteiger partial charge in [-0.3, -0.25) is 0 Å². The standard InChI is InChI=1S/C15H19BrN4O2S2/c1-11-17-15(23-18-11)20-8-4-7-19(9-10-20)14-12(16)5-3-6-13(14)24(2,21)22/h3,5-6H,4,7-10H2,1-2H3. The smallest absolute Gasteiger partial charge is 0.205 e. The van der Waals surface area contributed by atoms with Gasteiger partial charge in [0, 0.05) is 48.4 Å². The molecule has 0 N–H and O–H groups in total. The fraction of sp³-hybridized carbons (Fsp3) is 0.467. The third kappa shape index (κ3) is 3.73. The Morgan fingerprint density at radius 1 is 1.17 bits per heavy atom. The third-order valence-electron chi connectivity index (χ3n) is 3.95. The predicted octanol–water partition coefficient (Wildman–Crippen LogP) is 2.73. The molecule has 1 fully saturated rings. The first kappa shape index (κ1) is 17.6. The number of anilines is 2. The molecule has 1 aromatic carbocycles. The van der Waals surface area contributed by atoms with Crippen molar-refractivity contribution in [3.63, 3.8) is 0 Å². The fourth-order valence-electron chi connectivity index (χ4n) is 2.85. The second kappa shape index (κ2) is 6.97. The molecule has 0 spiro atoms. The highest BCUT2D eigenvalue weighted by Crippen LogP contribution is 2.34. The molecule has 0 amide bonds. The van der Waals surface area contributed by atoms with Crippen molar-refractivity contribution >= 4 is 48.1 Å². The van der Waals surface area contributed by atoms with Gasteiger partial charge in [0.05, 0.1) is 10.6 Å². The van der Waals surface area contributed by atoms with Gasteiger partial charge in [-0.05, 0) is 41.4 Å². The SMILES string of the molecule is Cc1nsc(N2CCCN(c3c(Br)cccc3S(C)(=O)=O)CC2)n1. The molecule has 0 saturated carbocycles. The Hall–Kier alpha value is -1.19. The van der Waals surface area contributed by atoms with Crippen molar-refractivity contribution in [1.29, 1.82) is 0 Å². The molecule has 2 heterocycles. The number of halogens is 1. The molecular formula is C15H19BrN4O2S2. The van der Waals surface area contributed by atoms with Gasteiger partial charge in [-0.2, -0.15) is 4.37 Å². The molecule has 0 bridgehead atoms. The van der Waals surface area contributed by atoms with E-state index in [1.807, 2.05) is 13.0 Å². The van der Waals surface area contributed by atoms with Crippen molar-refractivity contribution in [2.24, 2.45) is 0 Å². The summed E-state index contributed by atoms with van der Waals surface area (Å²) in [6.07, 6.45) is 2.19. The number of benzene rings is 1. The highest BCUT2D eigenvalue weighted by atomic mass is 79.9. The summed E-state index contributed by atoms with van der Waals surface area (Å²) < 4.78 is 29.4. The second-order valence-corrected chi connectivity index (χ2v) is 9.38. The summed E-state index contributed by atoms with van der Waals surface area (Å²) in [4.78, 5) is 9.20. The van der Waals surface area contributed by atoms with Crippen LogP contribution in [0.15, 0.2) is 27.6 Å². The van der Waals surface area contributed by atoms with Crippen molar-refractivity contribution in [3.05, 3.63) is 28.5 Å². The van der Waals surface area contributed by atoms with E-state index in [2.05, 4.69) is 35.1 Å². The molecule has 1 aliphatic rings. The number of nitrogens with zero attached hydrogens (tertiary/aromatic N) is 4. The fourth-order valence-corrected chi connectivity index (χ4v) is 5.24. The van der Waals surface area contributed by atoms with Gasteiger partial charge in [-0.15, -0.1) is 0 Å². The molecule has 3 rings (SSSR count). The molecule has 0 radical (unpaired) electrons. The summed E-state index contributed by atoms with van der Waals surface area (Å²) in [6.45, 7) is 5.12. The molecule has 1 aromatic heterocycles. The first-order valence-corrected chi connectivity index (χ1v) is 11.1. The molecule has 0 aliphatic carbocycles. The third-order valence-corrected chi connectivity index (χ3v) is 6.59.